The third kappa shape index (κ3) is 3.16. The average Bonchev–Trinajstić information content (AvgIpc) is 2.11. The molecule has 0 radical (unpaired) electrons. The number of hydrogen-bond acceptors (Lipinski definition) is 2. The lowest BCUT2D eigenvalue weighted by atomic mass is 10.2. The lowest BCUT2D eigenvalue weighted by Crippen LogP contribution is -2.13. The van der Waals surface area contributed by atoms with E-state index in [2.05, 4.69) is 40.1 Å². The monoisotopic (exact) mass is 262 g/mol. The number of pyridine rings is 1. The zero-order valence-corrected chi connectivity index (χ0v) is 9.98. The van der Waals surface area contributed by atoms with Crippen LogP contribution in [-0.4, -0.2) is 11.0 Å². The Morgan fingerprint density at radius 2 is 2.38 bits per heavy atom. The molecular formula is C9H12BrClN2. The SMILES string of the molecule is CCC(C)Nc1cc(Cl)cnc1Br. The van der Waals surface area contributed by atoms with Gasteiger partial charge in [0.1, 0.15) is 4.60 Å². The average molecular weight is 264 g/mol. The van der Waals surface area contributed by atoms with Gasteiger partial charge in [-0.15, -0.1) is 0 Å². The summed E-state index contributed by atoms with van der Waals surface area (Å²) >= 11 is 9.18. The molecule has 0 spiro atoms. The molecule has 1 rings (SSSR count). The lowest BCUT2D eigenvalue weighted by Gasteiger charge is -2.13. The first-order chi connectivity index (χ1) is 6.13. The Morgan fingerprint density at radius 1 is 1.69 bits per heavy atom. The largest absolute Gasteiger partial charge is 0.380 e. The van der Waals surface area contributed by atoms with Gasteiger partial charge in [-0.1, -0.05) is 18.5 Å². The van der Waals surface area contributed by atoms with E-state index < -0.39 is 0 Å². The van der Waals surface area contributed by atoms with E-state index in [0.717, 1.165) is 16.7 Å². The Kier molecular flexibility index (Phi) is 4.00. The third-order valence-corrected chi connectivity index (χ3v) is 2.66. The molecule has 0 saturated heterocycles. The minimum Gasteiger partial charge on any atom is -0.380 e. The van der Waals surface area contributed by atoms with E-state index in [1.165, 1.54) is 0 Å². The van der Waals surface area contributed by atoms with Crippen molar-refractivity contribution in [3.63, 3.8) is 0 Å². The Morgan fingerprint density at radius 3 is 3.00 bits per heavy atom. The summed E-state index contributed by atoms with van der Waals surface area (Å²) in [7, 11) is 0. The van der Waals surface area contributed by atoms with Gasteiger partial charge in [0.05, 0.1) is 10.7 Å². The molecule has 4 heteroatoms. The summed E-state index contributed by atoms with van der Waals surface area (Å²) in [6.45, 7) is 4.25. The van der Waals surface area contributed by atoms with Gasteiger partial charge in [0.2, 0.25) is 0 Å². The molecule has 1 atom stereocenters. The highest BCUT2D eigenvalue weighted by atomic mass is 79.9. The molecule has 1 aromatic heterocycles. The van der Waals surface area contributed by atoms with Crippen molar-refractivity contribution in [1.29, 1.82) is 0 Å². The van der Waals surface area contributed by atoms with Crippen molar-refractivity contribution in [2.45, 2.75) is 26.3 Å². The molecule has 1 aromatic rings. The van der Waals surface area contributed by atoms with Crippen LogP contribution >= 0.6 is 27.5 Å². The lowest BCUT2D eigenvalue weighted by molar-refractivity contribution is 0.762. The van der Waals surface area contributed by atoms with Crippen LogP contribution in [0, 0.1) is 0 Å². The Bertz CT molecular complexity index is 291. The standard InChI is InChI=1S/C9H12BrClN2/c1-3-6(2)13-8-4-7(11)5-12-9(8)10/h4-6,13H,3H2,1-2H3. The quantitative estimate of drug-likeness (QED) is 0.841. The third-order valence-electron chi connectivity index (χ3n) is 1.82. The maximum absolute atomic E-state index is 5.82. The molecule has 1 N–H and O–H groups in total. The molecule has 0 saturated carbocycles. The predicted molar refractivity (Wildman–Crippen MR) is 60.3 cm³/mol. The van der Waals surface area contributed by atoms with Gasteiger partial charge in [0.15, 0.2) is 0 Å². The number of halogens is 2. The maximum atomic E-state index is 5.82. The van der Waals surface area contributed by atoms with Crippen molar-refractivity contribution in [3.05, 3.63) is 21.9 Å². The van der Waals surface area contributed by atoms with E-state index in [-0.39, 0.29) is 0 Å². The molecule has 0 aliphatic heterocycles. The summed E-state index contributed by atoms with van der Waals surface area (Å²) in [5.74, 6) is 0. The van der Waals surface area contributed by atoms with E-state index in [1.54, 1.807) is 6.20 Å². The second-order valence-electron chi connectivity index (χ2n) is 2.95. The highest BCUT2D eigenvalue weighted by Crippen LogP contribution is 2.23. The van der Waals surface area contributed by atoms with Crippen LogP contribution in [-0.2, 0) is 0 Å². The van der Waals surface area contributed by atoms with Crippen LogP contribution in [0.1, 0.15) is 20.3 Å². The molecule has 1 heterocycles. The van der Waals surface area contributed by atoms with E-state index in [9.17, 15) is 0 Å². The molecule has 1 unspecified atom stereocenters. The highest BCUT2D eigenvalue weighted by molar-refractivity contribution is 9.10. The van der Waals surface area contributed by atoms with E-state index in [1.807, 2.05) is 6.07 Å². The van der Waals surface area contributed by atoms with Crippen LogP contribution in [0.4, 0.5) is 5.69 Å². The zero-order valence-electron chi connectivity index (χ0n) is 7.64. The van der Waals surface area contributed by atoms with Crippen LogP contribution in [0.15, 0.2) is 16.9 Å². The van der Waals surface area contributed by atoms with E-state index in [4.69, 9.17) is 11.6 Å². The number of rotatable bonds is 3. The van der Waals surface area contributed by atoms with Gasteiger partial charge in [-0.3, -0.25) is 0 Å². The predicted octanol–water partition coefficient (Wildman–Crippen LogP) is 3.71. The molecule has 0 aliphatic rings. The van der Waals surface area contributed by atoms with Crippen LogP contribution in [0.2, 0.25) is 5.02 Å². The van der Waals surface area contributed by atoms with Crippen molar-refractivity contribution in [2.75, 3.05) is 5.32 Å². The van der Waals surface area contributed by atoms with Crippen LogP contribution in [0.3, 0.4) is 0 Å². The second kappa shape index (κ2) is 4.82. The van der Waals surface area contributed by atoms with Gasteiger partial charge < -0.3 is 5.32 Å². The Labute approximate surface area is 91.8 Å². The topological polar surface area (TPSA) is 24.9 Å². The van der Waals surface area contributed by atoms with Gasteiger partial charge in [0, 0.05) is 12.2 Å². The second-order valence-corrected chi connectivity index (χ2v) is 4.13. The molecule has 0 aliphatic carbocycles. The first-order valence-electron chi connectivity index (χ1n) is 4.21. The normalized spacial score (nSPS) is 12.6. The number of aromatic nitrogens is 1. The summed E-state index contributed by atoms with van der Waals surface area (Å²) in [6, 6.07) is 2.29. The van der Waals surface area contributed by atoms with Gasteiger partial charge in [-0.05, 0) is 35.3 Å². The summed E-state index contributed by atoms with van der Waals surface area (Å²) in [5, 5.41) is 3.95. The van der Waals surface area contributed by atoms with Crippen molar-refractivity contribution in [3.8, 4) is 0 Å². The zero-order chi connectivity index (χ0) is 9.84. The summed E-state index contributed by atoms with van der Waals surface area (Å²) in [4.78, 5) is 4.09. The summed E-state index contributed by atoms with van der Waals surface area (Å²) in [6.07, 6.45) is 2.69. The number of nitrogens with zero attached hydrogens (tertiary/aromatic N) is 1. The molecule has 2 nitrogen and oxygen atoms in total. The first kappa shape index (κ1) is 10.8. The summed E-state index contributed by atoms with van der Waals surface area (Å²) in [5.41, 5.74) is 0.946. The van der Waals surface area contributed by atoms with Gasteiger partial charge in [0.25, 0.3) is 0 Å². The first-order valence-corrected chi connectivity index (χ1v) is 5.38. The van der Waals surface area contributed by atoms with Crippen molar-refractivity contribution in [1.82, 2.24) is 4.98 Å². The van der Waals surface area contributed by atoms with Gasteiger partial charge >= 0.3 is 0 Å². The smallest absolute Gasteiger partial charge is 0.129 e. The minimum atomic E-state index is 0.427. The molecule has 72 valence electrons. The molecule has 0 amide bonds. The highest BCUT2D eigenvalue weighted by Gasteiger charge is 2.04. The van der Waals surface area contributed by atoms with Crippen LogP contribution < -0.4 is 5.32 Å². The maximum Gasteiger partial charge on any atom is 0.129 e. The number of hydrogen-bond donors (Lipinski definition) is 1. The molecular weight excluding hydrogens is 251 g/mol. The number of nitrogens with one attached hydrogen (secondary N) is 1. The fourth-order valence-corrected chi connectivity index (χ4v) is 1.38. The molecule has 0 aromatic carbocycles. The van der Waals surface area contributed by atoms with Crippen molar-refractivity contribution < 1.29 is 0 Å². The molecule has 13 heavy (non-hydrogen) atoms. The molecule has 0 fully saturated rings. The fourth-order valence-electron chi connectivity index (χ4n) is 0.891. The van der Waals surface area contributed by atoms with Crippen LogP contribution in [0.25, 0.3) is 0 Å². The van der Waals surface area contributed by atoms with E-state index >= 15 is 0 Å². The Balaban J connectivity index is 2.81. The molecule has 0 bridgehead atoms. The van der Waals surface area contributed by atoms with Gasteiger partial charge in [-0.25, -0.2) is 4.98 Å². The van der Waals surface area contributed by atoms with E-state index in [0.29, 0.717) is 11.1 Å². The Hall–Kier alpha value is -0.280. The minimum absolute atomic E-state index is 0.427. The summed E-state index contributed by atoms with van der Waals surface area (Å²) < 4.78 is 0.803. The van der Waals surface area contributed by atoms with Crippen LogP contribution in [0.5, 0.6) is 0 Å². The van der Waals surface area contributed by atoms with Crippen molar-refractivity contribution in [2.24, 2.45) is 0 Å². The fraction of sp³-hybridized carbons (Fsp3) is 0.444. The van der Waals surface area contributed by atoms with Crippen molar-refractivity contribution >= 4 is 33.2 Å². The number of anilines is 1. The van der Waals surface area contributed by atoms with Gasteiger partial charge in [-0.2, -0.15) is 0 Å².